The summed E-state index contributed by atoms with van der Waals surface area (Å²) in [6, 6.07) is 18.7. The van der Waals surface area contributed by atoms with Gasteiger partial charge in [0.05, 0.1) is 5.02 Å². The molecule has 0 spiro atoms. The summed E-state index contributed by atoms with van der Waals surface area (Å²) < 4.78 is 5.87. The highest BCUT2D eigenvalue weighted by atomic mass is 35.5. The van der Waals surface area contributed by atoms with Gasteiger partial charge in [0.25, 0.3) is 5.91 Å². The first-order valence-corrected chi connectivity index (χ1v) is 10.4. The summed E-state index contributed by atoms with van der Waals surface area (Å²) in [5.41, 5.74) is 1.48. The summed E-state index contributed by atoms with van der Waals surface area (Å²) in [6.45, 7) is 0.140. The fourth-order valence-corrected chi connectivity index (χ4v) is 3.52. The second-order valence-corrected chi connectivity index (χ2v) is 8.00. The lowest BCUT2D eigenvalue weighted by Gasteiger charge is -2.13. The smallest absolute Gasteiger partial charge is 0.266 e. The van der Waals surface area contributed by atoms with Crippen LogP contribution in [0.15, 0.2) is 66.2 Å². The Bertz CT molecular complexity index is 1190. The molecule has 3 aromatic rings. The van der Waals surface area contributed by atoms with Gasteiger partial charge in [0.2, 0.25) is 0 Å². The first kappa shape index (κ1) is 23.0. The summed E-state index contributed by atoms with van der Waals surface area (Å²) in [4.78, 5) is 12.6. The largest absolute Gasteiger partial charge is 0.487 e. The first-order valence-electron chi connectivity index (χ1n) is 8.91. The van der Waals surface area contributed by atoms with E-state index in [0.717, 1.165) is 5.56 Å². The van der Waals surface area contributed by atoms with Gasteiger partial charge in [0.1, 0.15) is 24.0 Å². The van der Waals surface area contributed by atoms with Gasteiger partial charge < -0.3 is 10.1 Å². The van der Waals surface area contributed by atoms with Crippen LogP contribution in [-0.2, 0) is 11.4 Å². The molecule has 4 nitrogen and oxygen atoms in total. The molecule has 0 unspecified atom stereocenters. The molecule has 0 aliphatic heterocycles. The maximum atomic E-state index is 12.6. The number of nitrogens with zero attached hydrogens (tertiary/aromatic N) is 1. The van der Waals surface area contributed by atoms with E-state index in [1.165, 1.54) is 12.1 Å². The van der Waals surface area contributed by atoms with Gasteiger partial charge >= 0.3 is 0 Å². The van der Waals surface area contributed by atoms with E-state index in [9.17, 15) is 10.1 Å². The van der Waals surface area contributed by atoms with Crippen molar-refractivity contribution in [3.8, 4) is 11.8 Å². The van der Waals surface area contributed by atoms with Crippen molar-refractivity contribution >= 4 is 64.1 Å². The van der Waals surface area contributed by atoms with Crippen LogP contribution in [0.25, 0.3) is 6.08 Å². The van der Waals surface area contributed by atoms with Crippen LogP contribution in [0.4, 0.5) is 5.69 Å². The number of hydrogen-bond donors (Lipinski definition) is 1. The molecule has 0 saturated carbocycles. The van der Waals surface area contributed by atoms with E-state index < -0.39 is 5.91 Å². The zero-order valence-corrected chi connectivity index (χ0v) is 18.9. The van der Waals surface area contributed by atoms with Gasteiger partial charge in [-0.05, 0) is 48.5 Å². The molecule has 3 rings (SSSR count). The zero-order chi connectivity index (χ0) is 22.4. The van der Waals surface area contributed by atoms with Crippen molar-refractivity contribution < 1.29 is 9.53 Å². The summed E-state index contributed by atoms with van der Waals surface area (Å²) >= 11 is 24.5. The van der Waals surface area contributed by atoms with Crippen LogP contribution < -0.4 is 10.1 Å². The van der Waals surface area contributed by atoms with Gasteiger partial charge in [-0.1, -0.05) is 64.6 Å². The maximum absolute atomic E-state index is 12.6. The molecule has 1 N–H and O–H groups in total. The molecule has 31 heavy (non-hydrogen) atoms. The van der Waals surface area contributed by atoms with Gasteiger partial charge in [-0.25, -0.2) is 0 Å². The molecule has 0 heterocycles. The summed E-state index contributed by atoms with van der Waals surface area (Å²) in [6.07, 6.45) is 1.37. The van der Waals surface area contributed by atoms with Crippen LogP contribution in [0.1, 0.15) is 11.1 Å². The Morgan fingerprint density at radius 1 is 0.968 bits per heavy atom. The fraction of sp³-hybridized carbons (Fsp3) is 0.0435. The van der Waals surface area contributed by atoms with Gasteiger partial charge in [-0.15, -0.1) is 0 Å². The highest BCUT2D eigenvalue weighted by molar-refractivity contribution is 6.36. The Hall–Kier alpha value is -2.68. The number of ether oxygens (including phenoxy) is 1. The second kappa shape index (κ2) is 10.6. The van der Waals surface area contributed by atoms with Gasteiger partial charge in [0.15, 0.2) is 0 Å². The lowest BCUT2D eigenvalue weighted by Crippen LogP contribution is -2.13. The summed E-state index contributed by atoms with van der Waals surface area (Å²) in [5.74, 6) is -0.323. The fourth-order valence-electron chi connectivity index (χ4n) is 2.64. The molecule has 8 heteroatoms. The quantitative estimate of drug-likeness (QED) is 0.288. The third kappa shape index (κ3) is 6.16. The highest BCUT2D eigenvalue weighted by Gasteiger charge is 2.15. The minimum Gasteiger partial charge on any atom is -0.487 e. The maximum Gasteiger partial charge on any atom is 0.266 e. The van der Waals surface area contributed by atoms with E-state index in [1.54, 1.807) is 36.4 Å². The van der Waals surface area contributed by atoms with Crippen LogP contribution in [0.3, 0.4) is 0 Å². The molecule has 0 radical (unpaired) electrons. The standard InChI is InChI=1S/C23H14Cl4N2O2/c24-17-5-7-19(8-6-17)29-23(30)16(12-28)9-15-10-18(25)11-21(27)22(15)31-13-14-3-1-2-4-20(14)26/h1-11H,13H2,(H,29,30)/b16-9+. The van der Waals surface area contributed by atoms with Crippen LogP contribution in [0.5, 0.6) is 5.75 Å². The topological polar surface area (TPSA) is 62.1 Å². The first-order chi connectivity index (χ1) is 14.9. The zero-order valence-electron chi connectivity index (χ0n) is 15.8. The molecule has 0 bridgehead atoms. The Labute approximate surface area is 199 Å². The highest BCUT2D eigenvalue weighted by Crippen LogP contribution is 2.35. The second-order valence-electron chi connectivity index (χ2n) is 6.32. The number of rotatable bonds is 6. The Balaban J connectivity index is 1.89. The van der Waals surface area contributed by atoms with Crippen LogP contribution >= 0.6 is 46.4 Å². The minimum absolute atomic E-state index is 0.140. The number of nitriles is 1. The number of halogens is 4. The Morgan fingerprint density at radius 3 is 2.35 bits per heavy atom. The molecular formula is C23H14Cl4N2O2. The van der Waals surface area contributed by atoms with Crippen molar-refractivity contribution in [1.82, 2.24) is 0 Å². The Kier molecular flexibility index (Phi) is 7.84. The van der Waals surface area contributed by atoms with E-state index in [2.05, 4.69) is 5.32 Å². The third-order valence-corrected chi connectivity index (χ3v) is 5.25. The lowest BCUT2D eigenvalue weighted by atomic mass is 10.1. The summed E-state index contributed by atoms with van der Waals surface area (Å²) in [7, 11) is 0. The number of anilines is 1. The average molecular weight is 492 g/mol. The Morgan fingerprint density at radius 2 is 1.68 bits per heavy atom. The van der Waals surface area contributed by atoms with Crippen LogP contribution in [-0.4, -0.2) is 5.91 Å². The van der Waals surface area contributed by atoms with E-state index in [-0.39, 0.29) is 23.0 Å². The number of carbonyl (C=O) groups is 1. The lowest BCUT2D eigenvalue weighted by molar-refractivity contribution is -0.112. The number of amides is 1. The number of carbonyl (C=O) groups excluding carboxylic acids is 1. The van der Waals surface area contributed by atoms with Crippen molar-refractivity contribution in [2.45, 2.75) is 6.61 Å². The monoisotopic (exact) mass is 490 g/mol. The molecule has 156 valence electrons. The number of hydrogen-bond acceptors (Lipinski definition) is 3. The molecule has 0 aliphatic carbocycles. The van der Waals surface area contributed by atoms with E-state index in [0.29, 0.717) is 26.3 Å². The van der Waals surface area contributed by atoms with Gasteiger partial charge in [0, 0.05) is 31.9 Å². The van der Waals surface area contributed by atoms with Crippen LogP contribution in [0.2, 0.25) is 20.1 Å². The van der Waals surface area contributed by atoms with Gasteiger partial charge in [-0.2, -0.15) is 5.26 Å². The van der Waals surface area contributed by atoms with Crippen molar-refractivity contribution in [1.29, 1.82) is 5.26 Å². The molecule has 0 aliphatic rings. The molecule has 1 amide bonds. The van der Waals surface area contributed by atoms with Crippen molar-refractivity contribution in [2.75, 3.05) is 5.32 Å². The normalized spacial score (nSPS) is 11.0. The number of nitrogens with one attached hydrogen (secondary N) is 1. The van der Waals surface area contributed by atoms with Crippen molar-refractivity contribution in [3.05, 3.63) is 97.5 Å². The van der Waals surface area contributed by atoms with E-state index in [1.807, 2.05) is 24.3 Å². The molecular weight excluding hydrogens is 478 g/mol. The van der Waals surface area contributed by atoms with Crippen molar-refractivity contribution in [2.24, 2.45) is 0 Å². The SMILES string of the molecule is N#C/C(=C\c1cc(Cl)cc(Cl)c1OCc1ccccc1Cl)C(=O)Nc1ccc(Cl)cc1. The third-order valence-electron chi connectivity index (χ3n) is 4.13. The van der Waals surface area contributed by atoms with Crippen LogP contribution in [0, 0.1) is 11.3 Å². The van der Waals surface area contributed by atoms with Crippen molar-refractivity contribution in [3.63, 3.8) is 0 Å². The molecule has 0 aromatic heterocycles. The molecule has 0 saturated heterocycles. The average Bonchev–Trinajstić information content (AvgIpc) is 2.74. The minimum atomic E-state index is -0.599. The molecule has 3 aromatic carbocycles. The molecule has 0 fully saturated rings. The van der Waals surface area contributed by atoms with Gasteiger partial charge in [-0.3, -0.25) is 4.79 Å². The predicted molar refractivity (Wildman–Crippen MR) is 126 cm³/mol. The number of benzene rings is 3. The van der Waals surface area contributed by atoms with E-state index >= 15 is 0 Å². The molecule has 0 atom stereocenters. The van der Waals surface area contributed by atoms with E-state index in [4.69, 9.17) is 51.1 Å². The predicted octanol–water partition coefficient (Wildman–Crippen LogP) is 7.42. The summed E-state index contributed by atoms with van der Waals surface area (Å²) in [5, 5.41) is 13.8.